The average molecular weight is 294 g/mol. The van der Waals surface area contributed by atoms with Crippen LogP contribution in [0.3, 0.4) is 0 Å². The first-order valence-electron chi connectivity index (χ1n) is 7.80. The number of hydrogen-bond donors (Lipinski definition) is 2. The minimum atomic E-state index is -0.795. The van der Waals surface area contributed by atoms with Crippen molar-refractivity contribution in [2.45, 2.75) is 51.1 Å². The average Bonchev–Trinajstić information content (AvgIpc) is 2.91. The molecule has 2 bridgehead atoms. The van der Waals surface area contributed by atoms with Gasteiger partial charge in [0.15, 0.2) is 0 Å². The third-order valence-electron chi connectivity index (χ3n) is 5.23. The molecule has 2 aliphatic heterocycles. The number of aliphatic carboxylic acids is 1. The summed E-state index contributed by atoms with van der Waals surface area (Å²) >= 11 is 0. The molecule has 5 atom stereocenters. The quantitative estimate of drug-likeness (QED) is 0.778. The van der Waals surface area contributed by atoms with E-state index in [-0.39, 0.29) is 36.2 Å². The molecule has 3 aliphatic rings. The lowest BCUT2D eigenvalue weighted by Crippen LogP contribution is -2.39. The van der Waals surface area contributed by atoms with Crippen molar-refractivity contribution in [1.82, 2.24) is 10.2 Å². The summed E-state index contributed by atoms with van der Waals surface area (Å²) in [6, 6.07) is -0.0538. The first-order chi connectivity index (χ1) is 9.99. The van der Waals surface area contributed by atoms with E-state index in [0.29, 0.717) is 18.9 Å². The fourth-order valence-corrected chi connectivity index (χ4v) is 3.88. The van der Waals surface area contributed by atoms with E-state index >= 15 is 0 Å². The second kappa shape index (κ2) is 5.31. The topological polar surface area (TPSA) is 86.7 Å². The van der Waals surface area contributed by atoms with Crippen LogP contribution in [0.1, 0.15) is 39.0 Å². The van der Waals surface area contributed by atoms with Crippen LogP contribution >= 0.6 is 0 Å². The summed E-state index contributed by atoms with van der Waals surface area (Å²) in [6.45, 7) is 2.40. The number of carbonyl (C=O) groups excluding carboxylic acids is 2. The predicted octanol–water partition coefficient (Wildman–Crippen LogP) is 0.613. The third-order valence-corrected chi connectivity index (χ3v) is 5.23. The molecular weight excluding hydrogens is 272 g/mol. The number of carboxylic acids is 1. The monoisotopic (exact) mass is 294 g/mol. The van der Waals surface area contributed by atoms with Gasteiger partial charge in [-0.1, -0.05) is 6.92 Å². The maximum Gasteiger partial charge on any atom is 0.308 e. The number of rotatable bonds is 5. The van der Waals surface area contributed by atoms with Crippen LogP contribution in [0.4, 0.5) is 0 Å². The second-order valence-corrected chi connectivity index (χ2v) is 6.64. The van der Waals surface area contributed by atoms with Gasteiger partial charge >= 0.3 is 5.97 Å². The molecule has 0 radical (unpaired) electrons. The third kappa shape index (κ3) is 2.63. The van der Waals surface area contributed by atoms with Crippen molar-refractivity contribution >= 4 is 17.8 Å². The van der Waals surface area contributed by atoms with Gasteiger partial charge in [-0.05, 0) is 31.6 Å². The molecule has 6 nitrogen and oxygen atoms in total. The van der Waals surface area contributed by atoms with E-state index in [9.17, 15) is 19.5 Å². The SMILES string of the molecule is CC1CC1C(=O)NCCC(=O)N1C2CCC1C(C(=O)O)C2. The summed E-state index contributed by atoms with van der Waals surface area (Å²) in [5.41, 5.74) is 0. The van der Waals surface area contributed by atoms with Crippen molar-refractivity contribution in [3.05, 3.63) is 0 Å². The van der Waals surface area contributed by atoms with E-state index in [0.717, 1.165) is 19.3 Å². The van der Waals surface area contributed by atoms with Gasteiger partial charge < -0.3 is 15.3 Å². The fraction of sp³-hybridized carbons (Fsp3) is 0.800. The first kappa shape index (κ1) is 14.4. The number of carboxylic acid groups (broad SMARTS) is 1. The number of amides is 2. The minimum Gasteiger partial charge on any atom is -0.481 e. The Morgan fingerprint density at radius 1 is 1.19 bits per heavy atom. The van der Waals surface area contributed by atoms with E-state index in [1.807, 2.05) is 6.92 Å². The molecule has 0 aromatic rings. The lowest BCUT2D eigenvalue weighted by molar-refractivity contribution is -0.143. The largest absolute Gasteiger partial charge is 0.481 e. The molecule has 1 saturated carbocycles. The van der Waals surface area contributed by atoms with Crippen LogP contribution < -0.4 is 5.32 Å². The van der Waals surface area contributed by atoms with E-state index in [1.165, 1.54) is 0 Å². The molecule has 2 N–H and O–H groups in total. The summed E-state index contributed by atoms with van der Waals surface area (Å²) in [4.78, 5) is 36.9. The Morgan fingerprint density at radius 2 is 1.90 bits per heavy atom. The Kier molecular flexibility index (Phi) is 3.63. The predicted molar refractivity (Wildman–Crippen MR) is 74.3 cm³/mol. The van der Waals surface area contributed by atoms with Gasteiger partial charge in [0, 0.05) is 31.0 Å². The van der Waals surface area contributed by atoms with Crippen molar-refractivity contribution in [3.63, 3.8) is 0 Å². The zero-order chi connectivity index (χ0) is 15.1. The molecule has 3 fully saturated rings. The van der Waals surface area contributed by atoms with Crippen molar-refractivity contribution in [2.75, 3.05) is 6.54 Å². The maximum atomic E-state index is 12.3. The zero-order valence-electron chi connectivity index (χ0n) is 12.2. The Balaban J connectivity index is 1.48. The molecule has 3 rings (SSSR count). The minimum absolute atomic E-state index is 0.0182. The van der Waals surface area contributed by atoms with Gasteiger partial charge in [0.2, 0.25) is 11.8 Å². The smallest absolute Gasteiger partial charge is 0.308 e. The van der Waals surface area contributed by atoms with Crippen LogP contribution in [-0.2, 0) is 14.4 Å². The number of carbonyl (C=O) groups is 3. The standard InChI is InChI=1S/C15H22N2O4/c1-8-6-10(8)14(19)16-5-4-13(18)17-9-2-3-12(17)11(7-9)15(20)21/h8-12H,2-7H2,1H3,(H,16,19)(H,20,21). The molecular formula is C15H22N2O4. The maximum absolute atomic E-state index is 12.3. The van der Waals surface area contributed by atoms with E-state index in [2.05, 4.69) is 5.32 Å². The Bertz CT molecular complexity index is 478. The summed E-state index contributed by atoms with van der Waals surface area (Å²) in [7, 11) is 0. The molecule has 2 amide bonds. The zero-order valence-corrected chi connectivity index (χ0v) is 12.2. The summed E-state index contributed by atoms with van der Waals surface area (Å²) in [6.07, 6.45) is 3.49. The van der Waals surface area contributed by atoms with E-state index in [1.54, 1.807) is 4.90 Å². The van der Waals surface area contributed by atoms with Crippen LogP contribution in [0.5, 0.6) is 0 Å². The number of nitrogens with one attached hydrogen (secondary N) is 1. The van der Waals surface area contributed by atoms with Crippen molar-refractivity contribution in [1.29, 1.82) is 0 Å². The molecule has 1 aliphatic carbocycles. The van der Waals surface area contributed by atoms with Crippen molar-refractivity contribution < 1.29 is 19.5 Å². The van der Waals surface area contributed by atoms with Crippen LogP contribution in [0.15, 0.2) is 0 Å². The van der Waals surface area contributed by atoms with Crippen LogP contribution in [0.2, 0.25) is 0 Å². The van der Waals surface area contributed by atoms with E-state index in [4.69, 9.17) is 0 Å². The second-order valence-electron chi connectivity index (χ2n) is 6.64. The van der Waals surface area contributed by atoms with Crippen LogP contribution in [0, 0.1) is 17.8 Å². The van der Waals surface area contributed by atoms with Gasteiger partial charge in [-0.15, -0.1) is 0 Å². The lowest BCUT2D eigenvalue weighted by Gasteiger charge is -2.23. The molecule has 0 aromatic carbocycles. The van der Waals surface area contributed by atoms with Gasteiger partial charge in [0.1, 0.15) is 0 Å². The van der Waals surface area contributed by atoms with Gasteiger partial charge in [-0.2, -0.15) is 0 Å². The summed E-state index contributed by atoms with van der Waals surface area (Å²) in [5.74, 6) is -0.588. The van der Waals surface area contributed by atoms with Gasteiger partial charge in [-0.3, -0.25) is 14.4 Å². The summed E-state index contributed by atoms with van der Waals surface area (Å²) in [5, 5.41) is 12.0. The normalized spacial score (nSPS) is 36.6. The van der Waals surface area contributed by atoms with E-state index < -0.39 is 11.9 Å². The Labute approximate surface area is 123 Å². The highest BCUT2D eigenvalue weighted by molar-refractivity contribution is 5.83. The number of nitrogens with zero attached hydrogens (tertiary/aromatic N) is 1. The van der Waals surface area contributed by atoms with Crippen LogP contribution in [0.25, 0.3) is 0 Å². The molecule has 116 valence electrons. The highest BCUT2D eigenvalue weighted by Crippen LogP contribution is 2.42. The highest BCUT2D eigenvalue weighted by atomic mass is 16.4. The summed E-state index contributed by atoms with van der Waals surface area (Å²) < 4.78 is 0. The van der Waals surface area contributed by atoms with Crippen molar-refractivity contribution in [2.24, 2.45) is 17.8 Å². The molecule has 2 saturated heterocycles. The van der Waals surface area contributed by atoms with Gasteiger partial charge in [0.25, 0.3) is 0 Å². The Morgan fingerprint density at radius 3 is 2.48 bits per heavy atom. The molecule has 21 heavy (non-hydrogen) atoms. The van der Waals surface area contributed by atoms with Gasteiger partial charge in [0.05, 0.1) is 5.92 Å². The highest BCUT2D eigenvalue weighted by Gasteiger charge is 2.51. The van der Waals surface area contributed by atoms with Gasteiger partial charge in [-0.25, -0.2) is 0 Å². The molecule has 5 unspecified atom stereocenters. The molecule has 0 aromatic heterocycles. The number of fused-ring (bicyclic) bond motifs is 2. The lowest BCUT2D eigenvalue weighted by atomic mass is 9.89. The van der Waals surface area contributed by atoms with Crippen molar-refractivity contribution in [3.8, 4) is 0 Å². The molecule has 2 heterocycles. The molecule has 6 heteroatoms. The van der Waals surface area contributed by atoms with Crippen LogP contribution in [-0.4, -0.2) is 46.4 Å². The first-order valence-corrected chi connectivity index (χ1v) is 7.80. The fourth-order valence-electron chi connectivity index (χ4n) is 3.88. The molecule has 0 spiro atoms. The number of hydrogen-bond acceptors (Lipinski definition) is 3. The Hall–Kier alpha value is -1.59.